The van der Waals surface area contributed by atoms with Crippen molar-refractivity contribution in [2.75, 3.05) is 0 Å². The van der Waals surface area contributed by atoms with Gasteiger partial charge in [0.2, 0.25) is 0 Å². The first-order chi connectivity index (χ1) is 7.33. The molecular formula is C17H34PtSi. The van der Waals surface area contributed by atoms with Crippen LogP contribution in [0.15, 0.2) is 18.2 Å². The van der Waals surface area contributed by atoms with E-state index in [-0.39, 0.29) is 35.9 Å². The number of hydrogen-bond acceptors (Lipinski definition) is 0. The Morgan fingerprint density at radius 1 is 0.947 bits per heavy atom. The topological polar surface area (TPSA) is 0 Å². The largest absolute Gasteiger partial charge is 4.00 e. The van der Waals surface area contributed by atoms with E-state index in [0.29, 0.717) is 0 Å². The van der Waals surface area contributed by atoms with Crippen molar-refractivity contribution < 1.29 is 21.1 Å². The summed E-state index contributed by atoms with van der Waals surface area (Å²) in [6.45, 7) is 18.5. The van der Waals surface area contributed by atoms with Crippen LogP contribution >= 0.6 is 0 Å². The molecule has 0 spiro atoms. The Balaban J connectivity index is -0.000000121. The van der Waals surface area contributed by atoms with E-state index in [0.717, 1.165) is 23.0 Å². The van der Waals surface area contributed by atoms with Gasteiger partial charge in [-0.15, -0.1) is 6.42 Å². The average Bonchev–Trinajstić information content (AvgIpc) is 2.73. The molecule has 0 heterocycles. The third kappa shape index (κ3) is 9.03. The van der Waals surface area contributed by atoms with Gasteiger partial charge in [0, 0.05) is 0 Å². The zero-order valence-corrected chi connectivity index (χ0v) is 17.5. The maximum Gasteiger partial charge on any atom is 4.00 e. The van der Waals surface area contributed by atoms with Crippen LogP contribution in [0.2, 0.25) is 16.6 Å². The number of allylic oxidation sites excluding steroid dienone is 4. The predicted molar refractivity (Wildman–Crippen MR) is 90.8 cm³/mol. The van der Waals surface area contributed by atoms with Crippen LogP contribution in [0.5, 0.6) is 0 Å². The van der Waals surface area contributed by atoms with E-state index in [4.69, 9.17) is 0 Å². The van der Waals surface area contributed by atoms with E-state index in [1.54, 1.807) is 0 Å². The monoisotopic (exact) mass is 461 g/mol. The summed E-state index contributed by atoms with van der Waals surface area (Å²) in [4.78, 5) is 0. The molecule has 0 unspecified atom stereocenters. The summed E-state index contributed by atoms with van der Waals surface area (Å²) in [5.74, 6) is 0. The molecule has 0 aliphatic heterocycles. The molecule has 1 aliphatic rings. The van der Waals surface area contributed by atoms with Gasteiger partial charge in [-0.2, -0.15) is 6.08 Å². The molecule has 0 radical (unpaired) electrons. The van der Waals surface area contributed by atoms with Crippen molar-refractivity contribution in [3.63, 3.8) is 0 Å². The molecule has 116 valence electrons. The Morgan fingerprint density at radius 3 is 1.37 bits per heavy atom. The summed E-state index contributed by atoms with van der Waals surface area (Å²) in [6, 6.07) is 0. The number of rotatable bonds is 3. The van der Waals surface area contributed by atoms with Crippen LogP contribution < -0.4 is 0 Å². The van der Waals surface area contributed by atoms with E-state index >= 15 is 0 Å². The van der Waals surface area contributed by atoms with Gasteiger partial charge in [0.25, 0.3) is 0 Å². The van der Waals surface area contributed by atoms with Crippen LogP contribution in [0.1, 0.15) is 48.0 Å². The van der Waals surface area contributed by atoms with E-state index in [1.807, 2.05) is 12.2 Å². The quantitative estimate of drug-likeness (QED) is 0.345. The minimum Gasteiger partial charge on any atom is -0.358 e. The molecular weight excluding hydrogens is 427 g/mol. The molecule has 0 nitrogen and oxygen atoms in total. The molecule has 0 amide bonds. The molecule has 0 aromatic heterocycles. The molecule has 1 rings (SSSR count). The maximum absolute atomic E-state index is 4.51. The van der Waals surface area contributed by atoms with Crippen molar-refractivity contribution in [2.45, 2.75) is 64.6 Å². The van der Waals surface area contributed by atoms with Gasteiger partial charge in [0.15, 0.2) is 0 Å². The standard InChI is InChI=1S/C10H23Si.C5H5.2CH3.Pt/c1-8(2)11(7,9(3)4)10(5)6;1-2-4-5-3-1;;;/h8-10H,7H2,1-6H3;1-3H,4H2;2*1H3;/q4*-1;+4. The Labute approximate surface area is 139 Å². The fourth-order valence-corrected chi connectivity index (χ4v) is 6.34. The molecule has 0 aromatic carbocycles. The Morgan fingerprint density at radius 2 is 1.32 bits per heavy atom. The molecule has 1 aliphatic carbocycles. The van der Waals surface area contributed by atoms with Gasteiger partial charge >= 0.3 is 21.1 Å². The first-order valence-corrected chi connectivity index (χ1v) is 8.84. The van der Waals surface area contributed by atoms with Gasteiger partial charge < -0.3 is 21.4 Å². The second-order valence-corrected chi connectivity index (χ2v) is 11.3. The third-order valence-corrected chi connectivity index (χ3v) is 10.3. The molecule has 0 aromatic rings. The third-order valence-electron chi connectivity index (χ3n) is 3.81. The predicted octanol–water partition coefficient (Wildman–Crippen LogP) is 6.24. The first kappa shape index (κ1) is 27.7. The van der Waals surface area contributed by atoms with E-state index in [9.17, 15) is 0 Å². The average molecular weight is 462 g/mol. The second-order valence-electron chi connectivity index (χ2n) is 5.58. The van der Waals surface area contributed by atoms with Gasteiger partial charge in [-0.1, -0.05) is 66.2 Å². The molecule has 0 atom stereocenters. The van der Waals surface area contributed by atoms with E-state index in [1.165, 1.54) is 0 Å². The van der Waals surface area contributed by atoms with Crippen molar-refractivity contribution in [3.8, 4) is 0 Å². The van der Waals surface area contributed by atoms with Crippen LogP contribution in [0.25, 0.3) is 0 Å². The van der Waals surface area contributed by atoms with Gasteiger partial charge in [-0.05, 0) is 0 Å². The molecule has 0 fully saturated rings. The Hall–Kier alpha value is 0.385. The summed E-state index contributed by atoms with van der Waals surface area (Å²) < 4.78 is 0. The zero-order chi connectivity index (χ0) is 12.8. The Kier molecular flexibility index (Phi) is 19.5. The maximum atomic E-state index is 4.51. The molecule has 19 heavy (non-hydrogen) atoms. The Bertz CT molecular complexity index is 208. The molecule has 0 N–H and O–H groups in total. The second kappa shape index (κ2) is 13.4. The molecule has 0 bridgehead atoms. The van der Waals surface area contributed by atoms with Crippen molar-refractivity contribution >= 4 is 8.07 Å². The minimum atomic E-state index is -1.23. The van der Waals surface area contributed by atoms with Crippen LogP contribution in [-0.4, -0.2) is 8.07 Å². The van der Waals surface area contributed by atoms with Crippen molar-refractivity contribution in [3.05, 3.63) is 45.7 Å². The molecule has 0 saturated heterocycles. The van der Waals surface area contributed by atoms with Crippen LogP contribution in [0, 0.1) is 27.5 Å². The van der Waals surface area contributed by atoms with Crippen LogP contribution in [0.4, 0.5) is 0 Å². The molecule has 2 heteroatoms. The summed E-state index contributed by atoms with van der Waals surface area (Å²) >= 11 is 0. The van der Waals surface area contributed by atoms with Crippen LogP contribution in [-0.2, 0) is 21.1 Å². The van der Waals surface area contributed by atoms with Crippen molar-refractivity contribution in [1.82, 2.24) is 0 Å². The van der Waals surface area contributed by atoms with Crippen LogP contribution in [0.3, 0.4) is 0 Å². The van der Waals surface area contributed by atoms with Gasteiger partial charge in [-0.3, -0.25) is 6.08 Å². The smallest absolute Gasteiger partial charge is 0.358 e. The summed E-state index contributed by atoms with van der Waals surface area (Å²) in [7, 11) is -1.23. The number of hydrogen-bond donors (Lipinski definition) is 0. The van der Waals surface area contributed by atoms with E-state index < -0.39 is 8.07 Å². The van der Waals surface area contributed by atoms with E-state index in [2.05, 4.69) is 60.2 Å². The summed E-state index contributed by atoms with van der Waals surface area (Å²) in [5.41, 5.74) is 2.42. The SMILES string of the molecule is [C-]1=CC=CC1.[CH2-][Si](C(C)C)(C(C)C)C(C)C.[CH3-].[CH3-].[Pt+4]. The first-order valence-electron chi connectivity index (χ1n) is 6.40. The van der Waals surface area contributed by atoms with Gasteiger partial charge in [0.1, 0.15) is 0 Å². The molecule has 0 saturated carbocycles. The van der Waals surface area contributed by atoms with Crippen molar-refractivity contribution in [1.29, 1.82) is 0 Å². The normalized spacial score (nSPS) is 12.5. The fraction of sp³-hybridized carbons (Fsp3) is 0.588. The van der Waals surface area contributed by atoms with Gasteiger partial charge in [0.05, 0.1) is 0 Å². The fourth-order valence-electron chi connectivity index (χ4n) is 2.34. The summed E-state index contributed by atoms with van der Waals surface area (Å²) in [6.07, 6.45) is 10.0. The van der Waals surface area contributed by atoms with Gasteiger partial charge in [-0.25, -0.2) is 12.2 Å². The zero-order valence-electron chi connectivity index (χ0n) is 14.2. The van der Waals surface area contributed by atoms with Crippen molar-refractivity contribution in [2.24, 2.45) is 0 Å². The summed E-state index contributed by atoms with van der Waals surface area (Å²) in [5, 5.41) is 0. The minimum absolute atomic E-state index is 0.